The number of fused-ring (bicyclic) bond motifs is 1. The highest BCUT2D eigenvalue weighted by molar-refractivity contribution is 5.75. The quantitative estimate of drug-likeness (QED) is 0.815. The Labute approximate surface area is 106 Å². The summed E-state index contributed by atoms with van der Waals surface area (Å²) in [6.45, 7) is 1.47. The van der Waals surface area contributed by atoms with Gasteiger partial charge >= 0.3 is 5.97 Å². The van der Waals surface area contributed by atoms with E-state index in [0.29, 0.717) is 13.0 Å². The lowest BCUT2D eigenvalue weighted by Crippen LogP contribution is -2.36. The zero-order chi connectivity index (χ0) is 13.1. The van der Waals surface area contributed by atoms with E-state index >= 15 is 0 Å². The molecule has 0 aromatic heterocycles. The van der Waals surface area contributed by atoms with Crippen LogP contribution in [-0.2, 0) is 16.0 Å². The first-order chi connectivity index (χ1) is 8.61. The molecular weight excluding hydrogens is 235 g/mol. The molecule has 2 N–H and O–H groups in total. The Balaban J connectivity index is 1.97. The van der Waals surface area contributed by atoms with E-state index in [0.717, 1.165) is 24.2 Å². The average molecular weight is 252 g/mol. The maximum Gasteiger partial charge on any atom is 0.322 e. The van der Waals surface area contributed by atoms with Gasteiger partial charge in [0.2, 0.25) is 0 Å². The van der Waals surface area contributed by atoms with Gasteiger partial charge in [0.25, 0.3) is 0 Å². The summed E-state index contributed by atoms with van der Waals surface area (Å²) < 4.78 is 17.8. The molecule has 5 heteroatoms. The Bertz CT molecular complexity index is 451. The minimum Gasteiger partial charge on any atom is -0.468 e. The second kappa shape index (κ2) is 5.35. The summed E-state index contributed by atoms with van der Waals surface area (Å²) >= 11 is 0. The molecule has 98 valence electrons. The molecule has 1 aliphatic rings. The van der Waals surface area contributed by atoms with Crippen molar-refractivity contribution >= 4 is 11.7 Å². The molecule has 0 fully saturated rings. The third-order valence-electron chi connectivity index (χ3n) is 3.25. The Hall–Kier alpha value is -1.62. The van der Waals surface area contributed by atoms with Crippen LogP contribution in [-0.4, -0.2) is 32.2 Å². The fraction of sp³-hybridized carbons (Fsp3) is 0.462. The lowest BCUT2D eigenvalue weighted by atomic mass is 10.1. The van der Waals surface area contributed by atoms with Gasteiger partial charge in [-0.3, -0.25) is 4.79 Å². The topological polar surface area (TPSA) is 55.6 Å². The van der Waals surface area contributed by atoms with Gasteiger partial charge in [-0.1, -0.05) is 6.07 Å². The number of nitrogens with zero attached hydrogens (tertiary/aromatic N) is 1. The molecule has 4 nitrogen and oxygen atoms in total. The van der Waals surface area contributed by atoms with Crippen molar-refractivity contribution < 1.29 is 13.9 Å². The van der Waals surface area contributed by atoms with Crippen LogP contribution in [0, 0.1) is 5.82 Å². The van der Waals surface area contributed by atoms with Gasteiger partial charge in [-0.05, 0) is 30.5 Å². The molecule has 0 saturated heterocycles. The normalized spacial score (nSPS) is 15.4. The second-order valence-electron chi connectivity index (χ2n) is 4.43. The smallest absolute Gasteiger partial charge is 0.322 e. The molecule has 18 heavy (non-hydrogen) atoms. The van der Waals surface area contributed by atoms with Crippen molar-refractivity contribution in [1.82, 2.24) is 0 Å². The highest BCUT2D eigenvalue weighted by Gasteiger charge is 2.21. The summed E-state index contributed by atoms with van der Waals surface area (Å²) in [7, 11) is 1.32. The van der Waals surface area contributed by atoms with Crippen LogP contribution in [0.5, 0.6) is 0 Å². The highest BCUT2D eigenvalue weighted by Crippen LogP contribution is 2.28. The van der Waals surface area contributed by atoms with Crippen LogP contribution in [0.2, 0.25) is 0 Å². The van der Waals surface area contributed by atoms with Crippen molar-refractivity contribution in [2.24, 2.45) is 5.73 Å². The minimum atomic E-state index is -0.618. The van der Waals surface area contributed by atoms with Gasteiger partial charge in [-0.25, -0.2) is 4.39 Å². The Morgan fingerprint density at radius 3 is 3.11 bits per heavy atom. The van der Waals surface area contributed by atoms with E-state index in [-0.39, 0.29) is 5.82 Å². The second-order valence-corrected chi connectivity index (χ2v) is 4.43. The van der Waals surface area contributed by atoms with Gasteiger partial charge in [-0.15, -0.1) is 0 Å². The molecule has 0 aliphatic carbocycles. The number of hydrogen-bond acceptors (Lipinski definition) is 4. The fourth-order valence-corrected chi connectivity index (χ4v) is 2.22. The number of nitrogens with two attached hydrogens (primary N) is 1. The van der Waals surface area contributed by atoms with Gasteiger partial charge in [0.1, 0.15) is 11.9 Å². The Morgan fingerprint density at radius 1 is 1.61 bits per heavy atom. The SMILES string of the molecule is COC(=O)C(N)CCN1CCc2ccc(F)cc21. The summed E-state index contributed by atoms with van der Waals surface area (Å²) in [5.41, 5.74) is 7.73. The number of rotatable bonds is 4. The summed E-state index contributed by atoms with van der Waals surface area (Å²) in [6.07, 6.45) is 1.41. The van der Waals surface area contributed by atoms with Crippen molar-refractivity contribution in [1.29, 1.82) is 0 Å². The van der Waals surface area contributed by atoms with Crippen molar-refractivity contribution in [3.63, 3.8) is 0 Å². The zero-order valence-electron chi connectivity index (χ0n) is 10.4. The average Bonchev–Trinajstić information content (AvgIpc) is 2.77. The first-order valence-corrected chi connectivity index (χ1v) is 5.98. The summed E-state index contributed by atoms with van der Waals surface area (Å²) in [6, 6.07) is 4.20. The minimum absolute atomic E-state index is 0.238. The molecule has 1 heterocycles. The van der Waals surface area contributed by atoms with E-state index in [1.807, 2.05) is 6.07 Å². The van der Waals surface area contributed by atoms with E-state index in [1.54, 1.807) is 0 Å². The number of anilines is 1. The number of methoxy groups -OCH3 is 1. The van der Waals surface area contributed by atoms with Crippen molar-refractivity contribution in [3.05, 3.63) is 29.6 Å². The Kier molecular flexibility index (Phi) is 3.81. The molecule has 0 saturated carbocycles. The van der Waals surface area contributed by atoms with Crippen LogP contribution in [0.15, 0.2) is 18.2 Å². The lowest BCUT2D eigenvalue weighted by molar-refractivity contribution is -0.142. The largest absolute Gasteiger partial charge is 0.468 e. The molecule has 1 aromatic rings. The summed E-state index contributed by atoms with van der Waals surface area (Å²) in [4.78, 5) is 13.2. The van der Waals surface area contributed by atoms with Gasteiger partial charge in [0.05, 0.1) is 7.11 Å². The first kappa shape index (κ1) is 12.8. The zero-order valence-corrected chi connectivity index (χ0v) is 10.4. The predicted octanol–water partition coefficient (Wildman–Crippen LogP) is 1.08. The monoisotopic (exact) mass is 252 g/mol. The van der Waals surface area contributed by atoms with Crippen LogP contribution in [0.1, 0.15) is 12.0 Å². The van der Waals surface area contributed by atoms with Crippen molar-refractivity contribution in [2.75, 3.05) is 25.1 Å². The number of hydrogen-bond donors (Lipinski definition) is 1. The molecule has 0 bridgehead atoms. The maximum absolute atomic E-state index is 13.2. The Morgan fingerprint density at radius 2 is 2.39 bits per heavy atom. The number of esters is 1. The van der Waals surface area contributed by atoms with Crippen LogP contribution >= 0.6 is 0 Å². The number of ether oxygens (including phenoxy) is 1. The summed E-state index contributed by atoms with van der Waals surface area (Å²) in [5, 5.41) is 0. The van der Waals surface area contributed by atoms with Gasteiger partial charge < -0.3 is 15.4 Å². The highest BCUT2D eigenvalue weighted by atomic mass is 19.1. The number of carbonyl (C=O) groups is 1. The van der Waals surface area contributed by atoms with Gasteiger partial charge in [-0.2, -0.15) is 0 Å². The van der Waals surface area contributed by atoms with E-state index in [2.05, 4.69) is 9.64 Å². The maximum atomic E-state index is 13.2. The molecule has 1 atom stereocenters. The van der Waals surface area contributed by atoms with Crippen LogP contribution in [0.25, 0.3) is 0 Å². The molecule has 0 spiro atoms. The van der Waals surface area contributed by atoms with Crippen LogP contribution in [0.3, 0.4) is 0 Å². The lowest BCUT2D eigenvalue weighted by Gasteiger charge is -2.20. The van der Waals surface area contributed by atoms with E-state index in [4.69, 9.17) is 5.73 Å². The van der Waals surface area contributed by atoms with Crippen LogP contribution in [0.4, 0.5) is 10.1 Å². The van der Waals surface area contributed by atoms with Crippen LogP contribution < -0.4 is 10.6 Å². The first-order valence-electron chi connectivity index (χ1n) is 5.98. The number of benzene rings is 1. The number of carbonyl (C=O) groups excluding carboxylic acids is 1. The number of halogens is 1. The van der Waals surface area contributed by atoms with E-state index in [9.17, 15) is 9.18 Å². The predicted molar refractivity (Wildman–Crippen MR) is 66.9 cm³/mol. The van der Waals surface area contributed by atoms with Crippen molar-refractivity contribution in [3.8, 4) is 0 Å². The van der Waals surface area contributed by atoms with Gasteiger partial charge in [0.15, 0.2) is 0 Å². The molecular formula is C13H17FN2O2. The third kappa shape index (κ3) is 2.61. The molecule has 1 aromatic carbocycles. The third-order valence-corrected chi connectivity index (χ3v) is 3.25. The van der Waals surface area contributed by atoms with E-state index in [1.165, 1.54) is 19.2 Å². The van der Waals surface area contributed by atoms with E-state index < -0.39 is 12.0 Å². The van der Waals surface area contributed by atoms with Gasteiger partial charge in [0, 0.05) is 18.8 Å². The van der Waals surface area contributed by atoms with Crippen molar-refractivity contribution in [2.45, 2.75) is 18.9 Å². The molecule has 1 aliphatic heterocycles. The fourth-order valence-electron chi connectivity index (χ4n) is 2.22. The molecule has 0 amide bonds. The molecule has 0 radical (unpaired) electrons. The molecule has 1 unspecified atom stereocenters. The standard InChI is InChI=1S/C13H17FN2O2/c1-18-13(17)11(15)5-7-16-6-4-9-2-3-10(14)8-12(9)16/h2-3,8,11H,4-7,15H2,1H3. The molecule has 2 rings (SSSR count). The summed E-state index contributed by atoms with van der Waals surface area (Å²) in [5.74, 6) is -0.647.